The van der Waals surface area contributed by atoms with Crippen LogP contribution in [0.15, 0.2) is 42.5 Å². The van der Waals surface area contributed by atoms with E-state index >= 15 is 0 Å². The smallest absolute Gasteiger partial charge is 0.139 e. The molecule has 4 heteroatoms. The molecule has 0 aliphatic heterocycles. The minimum absolute atomic E-state index is 0.479. The Bertz CT molecular complexity index is 555. The molecule has 0 spiro atoms. The molecule has 0 saturated heterocycles. The van der Waals surface area contributed by atoms with Gasteiger partial charge < -0.3 is 10.1 Å². The molecule has 0 bridgehead atoms. The monoisotopic (exact) mass is 309 g/mol. The summed E-state index contributed by atoms with van der Waals surface area (Å²) in [6.45, 7) is 1.46. The highest BCUT2D eigenvalue weighted by Crippen LogP contribution is 2.28. The van der Waals surface area contributed by atoms with E-state index in [1.807, 2.05) is 7.05 Å². The molecule has 2 aromatic carbocycles. The Morgan fingerprint density at radius 1 is 1.00 bits per heavy atom. The SMILES string of the molecule is CNCCc1ccc(COc2cc(Cl)ccc2Cl)cc1. The first-order valence-corrected chi connectivity index (χ1v) is 7.25. The predicted molar refractivity (Wildman–Crippen MR) is 84.9 cm³/mol. The van der Waals surface area contributed by atoms with Crippen LogP contribution in [0.5, 0.6) is 5.75 Å². The highest BCUT2D eigenvalue weighted by atomic mass is 35.5. The van der Waals surface area contributed by atoms with Crippen LogP contribution in [0.4, 0.5) is 0 Å². The number of nitrogens with one attached hydrogen (secondary N) is 1. The summed E-state index contributed by atoms with van der Waals surface area (Å²) < 4.78 is 5.70. The van der Waals surface area contributed by atoms with E-state index in [0.717, 1.165) is 18.5 Å². The molecule has 0 saturated carbocycles. The van der Waals surface area contributed by atoms with Gasteiger partial charge in [-0.3, -0.25) is 0 Å². The normalized spacial score (nSPS) is 10.6. The average Bonchev–Trinajstić information content (AvgIpc) is 2.47. The number of halogens is 2. The van der Waals surface area contributed by atoms with Gasteiger partial charge >= 0.3 is 0 Å². The first kappa shape index (κ1) is 15.2. The summed E-state index contributed by atoms with van der Waals surface area (Å²) in [4.78, 5) is 0. The van der Waals surface area contributed by atoms with E-state index in [1.54, 1.807) is 18.2 Å². The van der Waals surface area contributed by atoms with Crippen molar-refractivity contribution >= 4 is 23.2 Å². The minimum atomic E-state index is 0.479. The van der Waals surface area contributed by atoms with Gasteiger partial charge in [0.1, 0.15) is 12.4 Å². The van der Waals surface area contributed by atoms with Gasteiger partial charge in [0.2, 0.25) is 0 Å². The molecule has 0 fully saturated rings. The fraction of sp³-hybridized carbons (Fsp3) is 0.250. The minimum Gasteiger partial charge on any atom is -0.487 e. The second kappa shape index (κ2) is 7.53. The molecule has 0 aliphatic rings. The number of ether oxygens (including phenoxy) is 1. The van der Waals surface area contributed by atoms with Gasteiger partial charge in [-0.25, -0.2) is 0 Å². The molecule has 0 aliphatic carbocycles. The van der Waals surface area contributed by atoms with Crippen molar-refractivity contribution in [1.82, 2.24) is 5.32 Å². The average molecular weight is 310 g/mol. The van der Waals surface area contributed by atoms with Gasteiger partial charge in [0.25, 0.3) is 0 Å². The van der Waals surface area contributed by atoms with Crippen molar-refractivity contribution in [3.8, 4) is 5.75 Å². The molecule has 0 aromatic heterocycles. The quantitative estimate of drug-likeness (QED) is 0.857. The summed E-state index contributed by atoms with van der Waals surface area (Å²) in [7, 11) is 1.96. The van der Waals surface area contributed by atoms with E-state index in [9.17, 15) is 0 Å². The third kappa shape index (κ3) is 4.41. The van der Waals surface area contributed by atoms with Gasteiger partial charge in [-0.05, 0) is 43.3 Å². The van der Waals surface area contributed by atoms with Crippen molar-refractivity contribution in [3.63, 3.8) is 0 Å². The van der Waals surface area contributed by atoms with Crippen molar-refractivity contribution in [2.45, 2.75) is 13.0 Å². The molecule has 2 rings (SSSR count). The zero-order valence-corrected chi connectivity index (χ0v) is 12.8. The molecule has 0 amide bonds. The van der Waals surface area contributed by atoms with Crippen molar-refractivity contribution in [2.75, 3.05) is 13.6 Å². The number of rotatable bonds is 6. The van der Waals surface area contributed by atoms with Gasteiger partial charge in [-0.1, -0.05) is 47.5 Å². The maximum absolute atomic E-state index is 6.05. The van der Waals surface area contributed by atoms with Crippen LogP contribution >= 0.6 is 23.2 Å². The maximum Gasteiger partial charge on any atom is 0.139 e. The third-order valence-electron chi connectivity index (χ3n) is 2.97. The van der Waals surface area contributed by atoms with E-state index in [4.69, 9.17) is 27.9 Å². The van der Waals surface area contributed by atoms with Gasteiger partial charge in [-0.15, -0.1) is 0 Å². The highest BCUT2D eigenvalue weighted by molar-refractivity contribution is 6.34. The van der Waals surface area contributed by atoms with Crippen molar-refractivity contribution in [1.29, 1.82) is 0 Å². The van der Waals surface area contributed by atoms with Crippen molar-refractivity contribution in [3.05, 3.63) is 63.6 Å². The van der Waals surface area contributed by atoms with Crippen LogP contribution in [0.2, 0.25) is 10.0 Å². The summed E-state index contributed by atoms with van der Waals surface area (Å²) in [5.74, 6) is 0.610. The summed E-state index contributed by atoms with van der Waals surface area (Å²) in [6.07, 6.45) is 1.03. The Morgan fingerprint density at radius 3 is 2.40 bits per heavy atom. The number of hydrogen-bond acceptors (Lipinski definition) is 2. The van der Waals surface area contributed by atoms with Crippen LogP contribution in [0.3, 0.4) is 0 Å². The number of likely N-dealkylation sites (N-methyl/N-ethyl adjacent to an activating group) is 1. The first-order valence-electron chi connectivity index (χ1n) is 6.49. The van der Waals surface area contributed by atoms with Crippen LogP contribution in [0.1, 0.15) is 11.1 Å². The van der Waals surface area contributed by atoms with Crippen molar-refractivity contribution < 1.29 is 4.74 Å². The van der Waals surface area contributed by atoms with Crippen molar-refractivity contribution in [2.24, 2.45) is 0 Å². The Kier molecular flexibility index (Phi) is 5.72. The van der Waals surface area contributed by atoms with Crippen LogP contribution in [0.25, 0.3) is 0 Å². The van der Waals surface area contributed by atoms with Gasteiger partial charge in [0.15, 0.2) is 0 Å². The molecule has 2 aromatic rings. The molecule has 20 heavy (non-hydrogen) atoms. The predicted octanol–water partition coefficient (Wildman–Crippen LogP) is 4.33. The molecular weight excluding hydrogens is 293 g/mol. The van der Waals surface area contributed by atoms with E-state index in [0.29, 0.717) is 22.4 Å². The Labute approximate surface area is 129 Å². The van der Waals surface area contributed by atoms with Gasteiger partial charge in [0, 0.05) is 11.1 Å². The molecule has 106 valence electrons. The van der Waals surface area contributed by atoms with E-state index in [1.165, 1.54) is 5.56 Å². The first-order chi connectivity index (χ1) is 9.69. The van der Waals surface area contributed by atoms with Crippen LogP contribution < -0.4 is 10.1 Å². The fourth-order valence-corrected chi connectivity index (χ4v) is 2.15. The highest BCUT2D eigenvalue weighted by Gasteiger charge is 2.03. The third-order valence-corrected chi connectivity index (χ3v) is 3.52. The Hall–Kier alpha value is -1.22. The van der Waals surface area contributed by atoms with Crippen LogP contribution in [0, 0.1) is 0 Å². The molecule has 0 atom stereocenters. The Balaban J connectivity index is 1.95. The Morgan fingerprint density at radius 2 is 1.70 bits per heavy atom. The lowest BCUT2D eigenvalue weighted by Crippen LogP contribution is -2.10. The fourth-order valence-electron chi connectivity index (χ4n) is 1.82. The molecular formula is C16H17Cl2NO. The van der Waals surface area contributed by atoms with E-state index in [-0.39, 0.29) is 0 Å². The second-order valence-corrected chi connectivity index (χ2v) is 5.38. The molecule has 2 nitrogen and oxygen atoms in total. The summed E-state index contributed by atoms with van der Waals surface area (Å²) in [6, 6.07) is 13.6. The summed E-state index contributed by atoms with van der Waals surface area (Å²) in [5, 5.41) is 4.32. The van der Waals surface area contributed by atoms with Gasteiger partial charge in [-0.2, -0.15) is 0 Å². The number of hydrogen-bond donors (Lipinski definition) is 1. The zero-order chi connectivity index (χ0) is 14.4. The summed E-state index contributed by atoms with van der Waals surface area (Å²) >= 11 is 12.0. The molecule has 0 radical (unpaired) electrons. The molecule has 0 unspecified atom stereocenters. The summed E-state index contributed by atoms with van der Waals surface area (Å²) in [5.41, 5.74) is 2.41. The molecule has 1 N–H and O–H groups in total. The standard InChI is InChI=1S/C16H17Cl2NO/c1-19-9-8-12-2-4-13(5-3-12)11-20-16-10-14(17)6-7-15(16)18/h2-7,10,19H,8-9,11H2,1H3. The van der Waals surface area contributed by atoms with Crippen LogP contribution in [-0.4, -0.2) is 13.6 Å². The topological polar surface area (TPSA) is 21.3 Å². The van der Waals surface area contributed by atoms with E-state index < -0.39 is 0 Å². The van der Waals surface area contributed by atoms with Gasteiger partial charge in [0.05, 0.1) is 5.02 Å². The van der Waals surface area contributed by atoms with Crippen LogP contribution in [-0.2, 0) is 13.0 Å². The largest absolute Gasteiger partial charge is 0.487 e. The number of benzene rings is 2. The maximum atomic E-state index is 6.05. The lowest BCUT2D eigenvalue weighted by atomic mass is 10.1. The lowest BCUT2D eigenvalue weighted by Gasteiger charge is -2.09. The second-order valence-electron chi connectivity index (χ2n) is 4.53. The van der Waals surface area contributed by atoms with E-state index in [2.05, 4.69) is 29.6 Å². The lowest BCUT2D eigenvalue weighted by molar-refractivity contribution is 0.306. The zero-order valence-electron chi connectivity index (χ0n) is 11.3. The molecule has 0 heterocycles.